The number of aromatic nitrogens is 2. The molecule has 0 aliphatic carbocycles. The molecule has 3 aromatic heterocycles. The number of anilines is 1. The average Bonchev–Trinajstić information content (AvgIpc) is 3.26. The normalized spacial score (nSPS) is 16.5. The molecule has 2 N–H and O–H groups in total. The van der Waals surface area contributed by atoms with Crippen LogP contribution < -0.4 is 10.4 Å². The van der Waals surface area contributed by atoms with E-state index >= 15 is 0 Å². The number of hydrazine groups is 1. The van der Waals surface area contributed by atoms with Crippen molar-refractivity contribution in [1.82, 2.24) is 15.4 Å². The van der Waals surface area contributed by atoms with Crippen LogP contribution in [-0.4, -0.2) is 17.0 Å². The van der Waals surface area contributed by atoms with Gasteiger partial charge in [0.15, 0.2) is 0 Å². The molecule has 118 valence electrons. The number of rotatable bonds is 2. The molecule has 0 spiro atoms. The molecule has 3 aromatic rings. The van der Waals surface area contributed by atoms with Crippen molar-refractivity contribution in [3.63, 3.8) is 0 Å². The standard InChI is InChI=1S/C15H16N4S.C2H6.H2/c1-3-9-6-16-15-12(9)14-11(7-17-15)13(18-19(14)2)10-4-5-20-8-10;1-2;/h4-8,13,18H,3H2,1-2H3,(H,16,17);1-2H3;1H. The number of aryl methyl sites for hydroxylation is 1. The summed E-state index contributed by atoms with van der Waals surface area (Å²) in [7, 11) is 2.08. The first-order valence-corrected chi connectivity index (χ1v) is 8.74. The lowest BCUT2D eigenvalue weighted by atomic mass is 10.0. The fraction of sp³-hybridized carbons (Fsp3) is 0.353. The monoisotopic (exact) mass is 316 g/mol. The number of hydrogen-bond donors (Lipinski definition) is 2. The zero-order valence-corrected chi connectivity index (χ0v) is 14.3. The molecule has 0 saturated heterocycles. The van der Waals surface area contributed by atoms with Crippen molar-refractivity contribution in [2.45, 2.75) is 33.2 Å². The Kier molecular flexibility index (Phi) is 4.18. The molecule has 0 bridgehead atoms. The van der Waals surface area contributed by atoms with E-state index in [4.69, 9.17) is 0 Å². The summed E-state index contributed by atoms with van der Waals surface area (Å²) in [4.78, 5) is 7.87. The van der Waals surface area contributed by atoms with E-state index in [1.165, 1.54) is 27.8 Å². The smallest absolute Gasteiger partial charge is 0.139 e. The van der Waals surface area contributed by atoms with Crippen LogP contribution >= 0.6 is 11.3 Å². The molecule has 5 heteroatoms. The first kappa shape index (κ1) is 15.1. The van der Waals surface area contributed by atoms with Crippen molar-refractivity contribution < 1.29 is 1.43 Å². The lowest BCUT2D eigenvalue weighted by Crippen LogP contribution is -2.30. The summed E-state index contributed by atoms with van der Waals surface area (Å²) in [6.45, 7) is 6.18. The third kappa shape index (κ3) is 2.21. The molecule has 0 amide bonds. The van der Waals surface area contributed by atoms with Gasteiger partial charge in [-0.05, 0) is 34.4 Å². The van der Waals surface area contributed by atoms with Crippen LogP contribution in [0.4, 0.5) is 5.69 Å². The third-order valence-electron chi connectivity index (χ3n) is 4.01. The van der Waals surface area contributed by atoms with Gasteiger partial charge in [0.2, 0.25) is 0 Å². The van der Waals surface area contributed by atoms with Gasteiger partial charge in [-0.2, -0.15) is 11.3 Å². The van der Waals surface area contributed by atoms with Crippen LogP contribution in [0.3, 0.4) is 0 Å². The van der Waals surface area contributed by atoms with E-state index < -0.39 is 0 Å². The second kappa shape index (κ2) is 6.10. The molecule has 4 heterocycles. The van der Waals surface area contributed by atoms with E-state index in [0.29, 0.717) is 0 Å². The summed E-state index contributed by atoms with van der Waals surface area (Å²) in [6, 6.07) is 2.38. The highest BCUT2D eigenvalue weighted by Crippen LogP contribution is 2.41. The Morgan fingerprint density at radius 3 is 2.91 bits per heavy atom. The maximum Gasteiger partial charge on any atom is 0.139 e. The molecule has 1 atom stereocenters. The molecule has 1 aliphatic heterocycles. The largest absolute Gasteiger partial charge is 0.346 e. The number of nitrogens with zero attached hydrogens (tertiary/aromatic N) is 2. The van der Waals surface area contributed by atoms with Crippen LogP contribution in [0, 0.1) is 0 Å². The topological polar surface area (TPSA) is 44.0 Å². The van der Waals surface area contributed by atoms with Gasteiger partial charge in [-0.1, -0.05) is 20.8 Å². The SMILES string of the molecule is CC.CCc1c[nH]c2ncc3c(c12)N(C)NC3c1ccsc1.[HH]. The number of thiophene rings is 1. The zero-order valence-electron chi connectivity index (χ0n) is 13.5. The number of H-pyrrole nitrogens is 1. The zero-order chi connectivity index (χ0) is 15.7. The fourth-order valence-electron chi connectivity index (χ4n) is 3.03. The number of nitrogens with one attached hydrogen (secondary N) is 2. The van der Waals surface area contributed by atoms with Gasteiger partial charge in [0.05, 0.1) is 11.7 Å². The van der Waals surface area contributed by atoms with E-state index in [0.717, 1.165) is 12.1 Å². The lowest BCUT2D eigenvalue weighted by molar-refractivity contribution is 0.649. The van der Waals surface area contributed by atoms with Crippen LogP contribution in [0.2, 0.25) is 0 Å². The molecule has 0 fully saturated rings. The Balaban J connectivity index is 0.000000617. The van der Waals surface area contributed by atoms with Crippen molar-refractivity contribution in [1.29, 1.82) is 0 Å². The summed E-state index contributed by atoms with van der Waals surface area (Å²) >= 11 is 1.73. The number of pyridine rings is 1. The van der Waals surface area contributed by atoms with Gasteiger partial charge in [0.1, 0.15) is 5.65 Å². The van der Waals surface area contributed by atoms with E-state index in [2.05, 4.69) is 57.4 Å². The van der Waals surface area contributed by atoms with E-state index in [1.807, 2.05) is 20.0 Å². The maximum absolute atomic E-state index is 4.60. The summed E-state index contributed by atoms with van der Waals surface area (Å²) in [5, 5.41) is 7.70. The Bertz CT molecular complexity index is 766. The van der Waals surface area contributed by atoms with Crippen molar-refractivity contribution in [3.05, 3.63) is 45.9 Å². The molecule has 0 saturated carbocycles. The average molecular weight is 316 g/mol. The maximum atomic E-state index is 4.60. The highest BCUT2D eigenvalue weighted by molar-refractivity contribution is 7.08. The highest BCUT2D eigenvalue weighted by atomic mass is 32.1. The van der Waals surface area contributed by atoms with Crippen LogP contribution in [0.25, 0.3) is 11.0 Å². The van der Waals surface area contributed by atoms with Crippen molar-refractivity contribution in [2.24, 2.45) is 0 Å². The van der Waals surface area contributed by atoms with Gasteiger partial charge >= 0.3 is 0 Å². The second-order valence-electron chi connectivity index (χ2n) is 5.13. The van der Waals surface area contributed by atoms with Gasteiger partial charge < -0.3 is 9.99 Å². The fourth-order valence-corrected chi connectivity index (χ4v) is 3.72. The minimum atomic E-state index is 0. The summed E-state index contributed by atoms with van der Waals surface area (Å²) < 4.78 is 0. The Morgan fingerprint density at radius 2 is 2.23 bits per heavy atom. The van der Waals surface area contributed by atoms with Crippen molar-refractivity contribution >= 4 is 28.1 Å². The number of hydrogen-bond acceptors (Lipinski definition) is 4. The second-order valence-corrected chi connectivity index (χ2v) is 5.91. The van der Waals surface area contributed by atoms with E-state index in [1.54, 1.807) is 11.3 Å². The van der Waals surface area contributed by atoms with Crippen LogP contribution in [-0.2, 0) is 6.42 Å². The van der Waals surface area contributed by atoms with Gasteiger partial charge in [-0.3, -0.25) is 0 Å². The molecule has 0 radical (unpaired) electrons. The summed E-state index contributed by atoms with van der Waals surface area (Å²) in [5.74, 6) is 0. The van der Waals surface area contributed by atoms with E-state index in [9.17, 15) is 0 Å². The summed E-state index contributed by atoms with van der Waals surface area (Å²) in [5.41, 5.74) is 9.65. The van der Waals surface area contributed by atoms with Crippen LogP contribution in [0.15, 0.2) is 29.2 Å². The Hall–Kier alpha value is -1.85. The first-order chi connectivity index (χ1) is 10.8. The van der Waals surface area contributed by atoms with Gasteiger partial charge in [-0.25, -0.2) is 10.4 Å². The lowest BCUT2D eigenvalue weighted by Gasteiger charge is -2.15. The predicted molar refractivity (Wildman–Crippen MR) is 96.6 cm³/mol. The van der Waals surface area contributed by atoms with E-state index in [-0.39, 0.29) is 7.47 Å². The minimum absolute atomic E-state index is 0. The number of fused-ring (bicyclic) bond motifs is 3. The van der Waals surface area contributed by atoms with Crippen molar-refractivity contribution in [3.8, 4) is 0 Å². The molecule has 4 rings (SSSR count). The van der Waals surface area contributed by atoms with Gasteiger partial charge in [0.25, 0.3) is 0 Å². The van der Waals surface area contributed by atoms with Gasteiger partial charge in [-0.15, -0.1) is 0 Å². The minimum Gasteiger partial charge on any atom is -0.346 e. The molecule has 0 aromatic carbocycles. The first-order valence-electron chi connectivity index (χ1n) is 7.80. The third-order valence-corrected chi connectivity index (χ3v) is 4.71. The van der Waals surface area contributed by atoms with Crippen LogP contribution in [0.5, 0.6) is 0 Å². The molecule has 1 aliphatic rings. The Morgan fingerprint density at radius 1 is 1.41 bits per heavy atom. The molecule has 4 nitrogen and oxygen atoms in total. The predicted octanol–water partition coefficient (Wildman–Crippen LogP) is 4.50. The molecular weight excluding hydrogens is 292 g/mol. The molecule has 22 heavy (non-hydrogen) atoms. The highest BCUT2D eigenvalue weighted by Gasteiger charge is 2.30. The summed E-state index contributed by atoms with van der Waals surface area (Å²) in [6.07, 6.45) is 5.07. The van der Waals surface area contributed by atoms with Gasteiger partial charge in [0, 0.05) is 31.8 Å². The molecular formula is C17H24N4S. The Labute approximate surface area is 136 Å². The quantitative estimate of drug-likeness (QED) is 0.731. The molecule has 1 unspecified atom stereocenters. The van der Waals surface area contributed by atoms with Crippen molar-refractivity contribution in [2.75, 3.05) is 12.1 Å². The number of aromatic amines is 1. The van der Waals surface area contributed by atoms with Crippen LogP contribution in [0.1, 0.15) is 44.9 Å².